The largest absolute Gasteiger partial charge is 0.468 e. The summed E-state index contributed by atoms with van der Waals surface area (Å²) in [6.07, 6.45) is -0.159. The Kier molecular flexibility index (Phi) is 11.9. The minimum atomic E-state index is -1.37. The number of esters is 1. The molecule has 0 spiro atoms. The fourth-order valence-corrected chi connectivity index (χ4v) is 3.40. The van der Waals surface area contributed by atoms with Gasteiger partial charge in [-0.2, -0.15) is 0 Å². The molecule has 2 unspecified atom stereocenters. The Balaban J connectivity index is 3.43. The Morgan fingerprint density at radius 1 is 1.06 bits per heavy atom. The zero-order valence-electron chi connectivity index (χ0n) is 21.9. The van der Waals surface area contributed by atoms with Gasteiger partial charge in [0.2, 0.25) is 17.7 Å². The molecule has 1 rings (SSSR count). The van der Waals surface area contributed by atoms with Crippen molar-refractivity contribution < 1.29 is 33.4 Å². The van der Waals surface area contributed by atoms with Gasteiger partial charge < -0.3 is 30.7 Å². The highest BCUT2D eigenvalue weighted by atomic mass is 16.6. The second kappa shape index (κ2) is 14.1. The molecule has 0 radical (unpaired) electrons. The van der Waals surface area contributed by atoms with E-state index in [9.17, 15) is 24.0 Å². The molecule has 11 nitrogen and oxygen atoms in total. The lowest BCUT2D eigenvalue weighted by molar-refractivity contribution is -0.145. The molecule has 0 bridgehead atoms. The van der Waals surface area contributed by atoms with Crippen molar-refractivity contribution in [1.82, 2.24) is 15.5 Å². The average molecular weight is 507 g/mol. The predicted octanol–water partition coefficient (Wildman–Crippen LogP) is 1.59. The number of rotatable bonds is 12. The minimum absolute atomic E-state index is 0.121. The van der Waals surface area contributed by atoms with Crippen LogP contribution in [0.1, 0.15) is 64.6 Å². The van der Waals surface area contributed by atoms with Crippen molar-refractivity contribution in [3.05, 3.63) is 35.4 Å². The number of nitrogens with one attached hydrogen (secondary N) is 2. The molecule has 200 valence electrons. The fraction of sp³-hybridized carbons (Fsp3) is 0.560. The lowest BCUT2D eigenvalue weighted by Crippen LogP contribution is -2.54. The summed E-state index contributed by atoms with van der Waals surface area (Å²) in [7, 11) is 1.19. The van der Waals surface area contributed by atoms with Crippen LogP contribution in [0, 0.1) is 0 Å². The third-order valence-electron chi connectivity index (χ3n) is 5.04. The molecule has 0 fully saturated rings. The minimum Gasteiger partial charge on any atom is -0.468 e. The predicted molar refractivity (Wildman–Crippen MR) is 133 cm³/mol. The Morgan fingerprint density at radius 2 is 1.67 bits per heavy atom. The van der Waals surface area contributed by atoms with E-state index in [1.54, 1.807) is 32.9 Å². The van der Waals surface area contributed by atoms with Crippen molar-refractivity contribution in [3.8, 4) is 0 Å². The monoisotopic (exact) mass is 506 g/mol. The number of nitrogens with zero attached hydrogens (tertiary/aromatic N) is 1. The summed E-state index contributed by atoms with van der Waals surface area (Å²) in [5.41, 5.74) is 6.03. The highest BCUT2D eigenvalue weighted by Crippen LogP contribution is 2.24. The maximum atomic E-state index is 13.7. The van der Waals surface area contributed by atoms with Crippen LogP contribution in [0.3, 0.4) is 0 Å². The van der Waals surface area contributed by atoms with Gasteiger partial charge in [-0.05, 0) is 44.7 Å². The van der Waals surface area contributed by atoms with Gasteiger partial charge in [-0.3, -0.25) is 19.2 Å². The van der Waals surface area contributed by atoms with E-state index >= 15 is 0 Å². The molecule has 4 N–H and O–H groups in total. The number of alkyl carbamates (subject to hydrolysis) is 1. The number of hydrogen-bond donors (Lipinski definition) is 3. The third kappa shape index (κ3) is 9.93. The quantitative estimate of drug-likeness (QED) is 0.363. The highest BCUT2D eigenvalue weighted by molar-refractivity contribution is 5.95. The maximum absolute atomic E-state index is 13.7. The number of carbonyl (C=O) groups is 5. The first-order valence-electron chi connectivity index (χ1n) is 11.8. The molecule has 0 heterocycles. The standard InChI is InChI=1S/C25H38N4O7/c1-7-13-29(23(33)18(14-19(26)30)28-24(34)36-25(3,4)5)21(22(32)27-15-20(31)35-6)17-11-9-16(8-2)10-12-17/h9-12,18,21H,7-8,13-15H2,1-6H3,(H2,26,30)(H,27,32)(H,28,34). The summed E-state index contributed by atoms with van der Waals surface area (Å²) in [6.45, 7) is 8.49. The first-order valence-corrected chi connectivity index (χ1v) is 11.8. The second-order valence-corrected chi connectivity index (χ2v) is 9.19. The smallest absolute Gasteiger partial charge is 0.408 e. The Labute approximate surface area is 212 Å². The van der Waals surface area contributed by atoms with E-state index in [0.29, 0.717) is 12.0 Å². The summed E-state index contributed by atoms with van der Waals surface area (Å²) in [5.74, 6) is -2.80. The molecule has 4 amide bonds. The van der Waals surface area contributed by atoms with Crippen molar-refractivity contribution >= 4 is 29.8 Å². The van der Waals surface area contributed by atoms with Gasteiger partial charge in [-0.1, -0.05) is 38.1 Å². The maximum Gasteiger partial charge on any atom is 0.408 e. The van der Waals surface area contributed by atoms with Crippen LogP contribution in [0.15, 0.2) is 24.3 Å². The van der Waals surface area contributed by atoms with Crippen LogP contribution in [-0.2, 0) is 35.1 Å². The number of nitrogens with two attached hydrogens (primary N) is 1. The zero-order chi connectivity index (χ0) is 27.5. The van der Waals surface area contributed by atoms with Crippen molar-refractivity contribution in [2.75, 3.05) is 20.2 Å². The summed E-state index contributed by atoms with van der Waals surface area (Å²) in [6, 6.07) is 4.61. The van der Waals surface area contributed by atoms with Crippen LogP contribution >= 0.6 is 0 Å². The Bertz CT molecular complexity index is 925. The molecule has 0 aromatic heterocycles. The molecular formula is C25H38N4O7. The van der Waals surface area contributed by atoms with E-state index < -0.39 is 60.4 Å². The Hall–Kier alpha value is -3.63. The highest BCUT2D eigenvalue weighted by Gasteiger charge is 2.36. The van der Waals surface area contributed by atoms with E-state index in [-0.39, 0.29) is 6.54 Å². The number of ether oxygens (including phenoxy) is 2. The van der Waals surface area contributed by atoms with E-state index in [2.05, 4.69) is 15.4 Å². The SMILES string of the molecule is CCCN(C(=O)C(CC(N)=O)NC(=O)OC(C)(C)C)C(C(=O)NCC(=O)OC)c1ccc(CC)cc1. The zero-order valence-corrected chi connectivity index (χ0v) is 21.9. The molecule has 0 aliphatic heterocycles. The van der Waals surface area contributed by atoms with Crippen LogP contribution in [-0.4, -0.2) is 66.5 Å². The topological polar surface area (TPSA) is 157 Å². The van der Waals surface area contributed by atoms with Crippen LogP contribution in [0.2, 0.25) is 0 Å². The van der Waals surface area contributed by atoms with Gasteiger partial charge in [0.15, 0.2) is 0 Å². The number of methoxy groups -OCH3 is 1. The van der Waals surface area contributed by atoms with Crippen molar-refractivity contribution in [2.45, 2.75) is 71.6 Å². The second-order valence-electron chi connectivity index (χ2n) is 9.19. The van der Waals surface area contributed by atoms with Gasteiger partial charge in [0.05, 0.1) is 13.5 Å². The lowest BCUT2D eigenvalue weighted by Gasteiger charge is -2.34. The van der Waals surface area contributed by atoms with E-state index in [0.717, 1.165) is 12.0 Å². The van der Waals surface area contributed by atoms with E-state index in [1.807, 2.05) is 26.0 Å². The van der Waals surface area contributed by atoms with Gasteiger partial charge >= 0.3 is 12.1 Å². The number of aryl methyl sites for hydroxylation is 1. The molecule has 1 aromatic carbocycles. The molecular weight excluding hydrogens is 468 g/mol. The normalized spacial score (nSPS) is 12.6. The first-order chi connectivity index (χ1) is 16.8. The van der Waals surface area contributed by atoms with Gasteiger partial charge in [-0.25, -0.2) is 4.79 Å². The van der Waals surface area contributed by atoms with Crippen molar-refractivity contribution in [3.63, 3.8) is 0 Å². The van der Waals surface area contributed by atoms with Gasteiger partial charge in [0.25, 0.3) is 0 Å². The number of primary amides is 1. The first kappa shape index (κ1) is 30.4. The summed E-state index contributed by atoms with van der Waals surface area (Å²) in [5, 5.41) is 4.90. The summed E-state index contributed by atoms with van der Waals surface area (Å²) < 4.78 is 9.82. The number of amides is 4. The molecule has 2 atom stereocenters. The summed E-state index contributed by atoms with van der Waals surface area (Å²) >= 11 is 0. The fourth-order valence-electron chi connectivity index (χ4n) is 3.40. The molecule has 36 heavy (non-hydrogen) atoms. The van der Waals surface area contributed by atoms with Gasteiger partial charge in [0.1, 0.15) is 24.2 Å². The number of hydrogen-bond acceptors (Lipinski definition) is 7. The number of benzene rings is 1. The summed E-state index contributed by atoms with van der Waals surface area (Å²) in [4.78, 5) is 64.0. The molecule has 0 saturated carbocycles. The molecule has 0 aliphatic rings. The van der Waals surface area contributed by atoms with Crippen molar-refractivity contribution in [1.29, 1.82) is 0 Å². The van der Waals surface area contributed by atoms with Crippen molar-refractivity contribution in [2.24, 2.45) is 5.73 Å². The lowest BCUT2D eigenvalue weighted by atomic mass is 10.00. The van der Waals surface area contributed by atoms with E-state index in [1.165, 1.54) is 12.0 Å². The number of carbonyl (C=O) groups excluding carboxylic acids is 5. The van der Waals surface area contributed by atoms with Gasteiger partial charge in [-0.15, -0.1) is 0 Å². The van der Waals surface area contributed by atoms with E-state index in [4.69, 9.17) is 10.5 Å². The van der Waals surface area contributed by atoms with Gasteiger partial charge in [0, 0.05) is 6.54 Å². The third-order valence-corrected chi connectivity index (χ3v) is 5.04. The van der Waals surface area contributed by atoms with Crippen LogP contribution in [0.25, 0.3) is 0 Å². The molecule has 11 heteroatoms. The van der Waals surface area contributed by atoms with Crippen LogP contribution in [0.5, 0.6) is 0 Å². The molecule has 0 saturated heterocycles. The Morgan fingerprint density at radius 3 is 2.14 bits per heavy atom. The molecule has 1 aromatic rings. The van der Waals surface area contributed by atoms with Crippen LogP contribution < -0.4 is 16.4 Å². The average Bonchev–Trinajstić information content (AvgIpc) is 2.80. The molecule has 0 aliphatic carbocycles. The van der Waals surface area contributed by atoms with Crippen LogP contribution in [0.4, 0.5) is 4.79 Å².